The van der Waals surface area contributed by atoms with E-state index < -0.39 is 0 Å². The molecule has 2 aliphatic rings. The Morgan fingerprint density at radius 3 is 2.00 bits per heavy atom. The Morgan fingerprint density at radius 2 is 1.52 bits per heavy atom. The van der Waals surface area contributed by atoms with Crippen molar-refractivity contribution in [2.45, 2.75) is 78.0 Å². The maximum absolute atomic E-state index is 5.96. The molecule has 3 nitrogen and oxygen atoms in total. The van der Waals surface area contributed by atoms with Crippen molar-refractivity contribution < 1.29 is 4.74 Å². The highest BCUT2D eigenvalue weighted by Gasteiger charge is 2.28. The van der Waals surface area contributed by atoms with Crippen molar-refractivity contribution in [2.24, 2.45) is 5.92 Å². The predicted octanol–water partition coefficient (Wildman–Crippen LogP) is 3.39. The van der Waals surface area contributed by atoms with Crippen molar-refractivity contribution in [3.8, 4) is 0 Å². The standard InChI is InChI=1S/C18H36N2O/c1-15(2)21-17-8-6-16(7-9-17)14-19-10-12-20(13-11-19)18(3,4)5/h15-17H,6-14H2,1-5H3. The van der Waals surface area contributed by atoms with Crippen molar-refractivity contribution in [3.05, 3.63) is 0 Å². The Bertz CT molecular complexity index is 295. The van der Waals surface area contributed by atoms with Crippen molar-refractivity contribution in [3.63, 3.8) is 0 Å². The van der Waals surface area contributed by atoms with Gasteiger partial charge in [0.25, 0.3) is 0 Å². The van der Waals surface area contributed by atoms with Crippen LogP contribution in [0, 0.1) is 5.92 Å². The number of rotatable bonds is 4. The molecule has 0 bridgehead atoms. The lowest BCUT2D eigenvalue weighted by atomic mass is 9.86. The Hall–Kier alpha value is -0.120. The molecular weight excluding hydrogens is 260 g/mol. The molecule has 0 N–H and O–H groups in total. The van der Waals surface area contributed by atoms with Gasteiger partial charge in [-0.05, 0) is 66.2 Å². The highest BCUT2D eigenvalue weighted by Crippen LogP contribution is 2.28. The molecule has 1 aliphatic carbocycles. The molecular formula is C18H36N2O. The summed E-state index contributed by atoms with van der Waals surface area (Å²) in [6.07, 6.45) is 6.17. The summed E-state index contributed by atoms with van der Waals surface area (Å²) >= 11 is 0. The van der Waals surface area contributed by atoms with Gasteiger partial charge in [0.1, 0.15) is 0 Å². The van der Waals surface area contributed by atoms with Crippen LogP contribution in [-0.2, 0) is 4.74 Å². The van der Waals surface area contributed by atoms with Gasteiger partial charge in [0.15, 0.2) is 0 Å². The topological polar surface area (TPSA) is 15.7 Å². The predicted molar refractivity (Wildman–Crippen MR) is 89.7 cm³/mol. The third-order valence-corrected chi connectivity index (χ3v) is 5.10. The fraction of sp³-hybridized carbons (Fsp3) is 1.00. The van der Waals surface area contributed by atoms with Gasteiger partial charge in [-0.1, -0.05) is 0 Å². The lowest BCUT2D eigenvalue weighted by molar-refractivity contribution is -0.0244. The first kappa shape index (κ1) is 17.2. The highest BCUT2D eigenvalue weighted by molar-refractivity contribution is 4.83. The van der Waals surface area contributed by atoms with Crippen LogP contribution in [0.3, 0.4) is 0 Å². The number of ether oxygens (including phenoxy) is 1. The summed E-state index contributed by atoms with van der Waals surface area (Å²) in [6.45, 7) is 17.6. The van der Waals surface area contributed by atoms with Gasteiger partial charge in [0.2, 0.25) is 0 Å². The largest absolute Gasteiger partial charge is 0.376 e. The molecule has 21 heavy (non-hydrogen) atoms. The number of piperazine rings is 1. The molecule has 1 saturated heterocycles. The molecule has 1 saturated carbocycles. The highest BCUT2D eigenvalue weighted by atomic mass is 16.5. The average Bonchev–Trinajstić information content (AvgIpc) is 2.40. The maximum Gasteiger partial charge on any atom is 0.0578 e. The zero-order chi connectivity index (χ0) is 15.5. The number of hydrogen-bond donors (Lipinski definition) is 0. The third kappa shape index (κ3) is 5.54. The Morgan fingerprint density at radius 1 is 0.952 bits per heavy atom. The Labute approximate surface area is 132 Å². The molecule has 3 heteroatoms. The van der Waals surface area contributed by atoms with E-state index in [1.807, 2.05) is 0 Å². The van der Waals surface area contributed by atoms with Crippen LogP contribution in [-0.4, -0.2) is 60.3 Å². The van der Waals surface area contributed by atoms with E-state index in [1.165, 1.54) is 58.4 Å². The Kier molecular flexibility index (Phi) is 6.10. The minimum Gasteiger partial charge on any atom is -0.376 e. The quantitative estimate of drug-likeness (QED) is 0.791. The van der Waals surface area contributed by atoms with E-state index in [0.29, 0.717) is 17.7 Å². The van der Waals surface area contributed by atoms with Crippen LogP contribution in [0.15, 0.2) is 0 Å². The summed E-state index contributed by atoms with van der Waals surface area (Å²) in [4.78, 5) is 5.31. The van der Waals surface area contributed by atoms with Gasteiger partial charge in [-0.2, -0.15) is 0 Å². The molecule has 0 aromatic heterocycles. The minimum absolute atomic E-state index is 0.332. The molecule has 0 aromatic carbocycles. The monoisotopic (exact) mass is 296 g/mol. The molecule has 0 amide bonds. The number of nitrogens with zero attached hydrogens (tertiary/aromatic N) is 2. The second-order valence-corrected chi connectivity index (χ2v) is 8.29. The van der Waals surface area contributed by atoms with E-state index in [4.69, 9.17) is 4.74 Å². The lowest BCUT2D eigenvalue weighted by Crippen LogP contribution is -2.54. The normalized spacial score (nSPS) is 30.0. The van der Waals surface area contributed by atoms with Crippen LogP contribution >= 0.6 is 0 Å². The van der Waals surface area contributed by atoms with E-state index in [1.54, 1.807) is 0 Å². The second-order valence-electron chi connectivity index (χ2n) is 8.29. The molecule has 0 unspecified atom stereocenters. The second kappa shape index (κ2) is 7.43. The average molecular weight is 296 g/mol. The fourth-order valence-corrected chi connectivity index (χ4v) is 3.80. The molecule has 0 aromatic rings. The third-order valence-electron chi connectivity index (χ3n) is 5.10. The maximum atomic E-state index is 5.96. The summed E-state index contributed by atoms with van der Waals surface area (Å²) in [5.41, 5.74) is 0.332. The minimum atomic E-state index is 0.332. The Balaban J connectivity index is 1.66. The first-order valence-corrected chi connectivity index (χ1v) is 8.97. The van der Waals surface area contributed by atoms with Crippen LogP contribution in [0.5, 0.6) is 0 Å². The summed E-state index contributed by atoms with van der Waals surface area (Å²) in [5, 5.41) is 0. The molecule has 2 fully saturated rings. The van der Waals surface area contributed by atoms with Crippen LogP contribution in [0.25, 0.3) is 0 Å². The van der Waals surface area contributed by atoms with Crippen molar-refractivity contribution in [1.29, 1.82) is 0 Å². The van der Waals surface area contributed by atoms with E-state index in [-0.39, 0.29) is 0 Å². The molecule has 0 spiro atoms. The number of hydrogen-bond acceptors (Lipinski definition) is 3. The van der Waals surface area contributed by atoms with Crippen molar-refractivity contribution >= 4 is 0 Å². The molecule has 1 aliphatic heterocycles. The van der Waals surface area contributed by atoms with Gasteiger partial charge in [-0.25, -0.2) is 0 Å². The van der Waals surface area contributed by atoms with E-state index in [0.717, 1.165) is 5.92 Å². The zero-order valence-corrected chi connectivity index (χ0v) is 14.9. The first-order valence-electron chi connectivity index (χ1n) is 8.97. The van der Waals surface area contributed by atoms with E-state index in [9.17, 15) is 0 Å². The molecule has 0 radical (unpaired) electrons. The summed E-state index contributed by atoms with van der Waals surface area (Å²) in [5.74, 6) is 0.901. The van der Waals surface area contributed by atoms with Gasteiger partial charge < -0.3 is 9.64 Å². The van der Waals surface area contributed by atoms with Crippen LogP contribution in [0.2, 0.25) is 0 Å². The smallest absolute Gasteiger partial charge is 0.0578 e. The fourth-order valence-electron chi connectivity index (χ4n) is 3.80. The zero-order valence-electron chi connectivity index (χ0n) is 14.9. The molecule has 124 valence electrons. The van der Waals surface area contributed by atoms with Gasteiger partial charge in [-0.3, -0.25) is 4.90 Å². The molecule has 0 atom stereocenters. The summed E-state index contributed by atoms with van der Waals surface area (Å²) in [7, 11) is 0. The lowest BCUT2D eigenvalue weighted by Gasteiger charge is -2.43. The summed E-state index contributed by atoms with van der Waals surface area (Å²) in [6, 6.07) is 0. The van der Waals surface area contributed by atoms with Gasteiger partial charge >= 0.3 is 0 Å². The first-order chi connectivity index (χ1) is 9.84. The molecule has 2 rings (SSSR count). The van der Waals surface area contributed by atoms with E-state index >= 15 is 0 Å². The molecule has 1 heterocycles. The van der Waals surface area contributed by atoms with Crippen LogP contribution < -0.4 is 0 Å². The summed E-state index contributed by atoms with van der Waals surface area (Å²) < 4.78 is 5.96. The van der Waals surface area contributed by atoms with Crippen molar-refractivity contribution in [1.82, 2.24) is 9.80 Å². The SMILES string of the molecule is CC(C)OC1CCC(CN2CCN(C(C)(C)C)CC2)CC1. The van der Waals surface area contributed by atoms with Crippen LogP contribution in [0.4, 0.5) is 0 Å². The van der Waals surface area contributed by atoms with E-state index in [2.05, 4.69) is 44.4 Å². The van der Waals surface area contributed by atoms with Crippen molar-refractivity contribution in [2.75, 3.05) is 32.7 Å². The van der Waals surface area contributed by atoms with Gasteiger partial charge in [0.05, 0.1) is 12.2 Å². The van der Waals surface area contributed by atoms with Crippen LogP contribution in [0.1, 0.15) is 60.3 Å². The van der Waals surface area contributed by atoms with Gasteiger partial charge in [-0.15, -0.1) is 0 Å². The van der Waals surface area contributed by atoms with Gasteiger partial charge in [0, 0.05) is 38.3 Å².